The van der Waals surface area contributed by atoms with E-state index in [1.165, 1.54) is 16.2 Å². The van der Waals surface area contributed by atoms with Crippen LogP contribution in [0.1, 0.15) is 5.56 Å². The van der Waals surface area contributed by atoms with Gasteiger partial charge in [-0.15, -0.1) is 11.3 Å². The zero-order valence-electron chi connectivity index (χ0n) is 8.54. The van der Waals surface area contributed by atoms with Crippen molar-refractivity contribution in [3.8, 4) is 0 Å². The first-order valence-corrected chi connectivity index (χ1v) is 5.66. The van der Waals surface area contributed by atoms with Crippen LogP contribution in [0.4, 0.5) is 9.93 Å². The largest absolute Gasteiger partial charge is 0.351 e. The monoisotopic (exact) mass is 233 g/mol. The normalized spacial score (nSPS) is 10.0. The Bertz CT molecular complexity index is 455. The fourth-order valence-electron chi connectivity index (χ4n) is 1.36. The van der Waals surface area contributed by atoms with Crippen molar-refractivity contribution in [2.75, 3.05) is 4.90 Å². The Hall–Kier alpha value is -1.88. The molecule has 0 spiro atoms. The predicted octanol–water partition coefficient (Wildman–Crippen LogP) is 2.23. The lowest BCUT2D eigenvalue weighted by atomic mass is 10.2. The van der Waals surface area contributed by atoms with Crippen molar-refractivity contribution in [3.63, 3.8) is 0 Å². The number of amides is 2. The van der Waals surface area contributed by atoms with Gasteiger partial charge in [-0.25, -0.2) is 9.78 Å². The Morgan fingerprint density at radius 3 is 2.69 bits per heavy atom. The van der Waals surface area contributed by atoms with Crippen molar-refractivity contribution >= 4 is 22.5 Å². The maximum absolute atomic E-state index is 11.3. The highest BCUT2D eigenvalue weighted by atomic mass is 32.1. The summed E-state index contributed by atoms with van der Waals surface area (Å²) < 4.78 is 0. The van der Waals surface area contributed by atoms with E-state index in [4.69, 9.17) is 5.73 Å². The number of nitrogens with zero attached hydrogens (tertiary/aromatic N) is 2. The first-order chi connectivity index (χ1) is 7.77. The molecule has 1 heterocycles. The number of carbonyl (C=O) groups excluding carboxylic acids is 1. The molecule has 0 aliphatic rings. The number of rotatable bonds is 3. The third-order valence-electron chi connectivity index (χ3n) is 2.10. The molecule has 1 aromatic heterocycles. The van der Waals surface area contributed by atoms with Crippen LogP contribution in [0.15, 0.2) is 41.9 Å². The number of anilines is 1. The van der Waals surface area contributed by atoms with Gasteiger partial charge in [-0.3, -0.25) is 4.90 Å². The summed E-state index contributed by atoms with van der Waals surface area (Å²) in [5, 5.41) is 2.44. The van der Waals surface area contributed by atoms with Crippen LogP contribution < -0.4 is 10.6 Å². The average molecular weight is 233 g/mol. The molecule has 2 aromatic rings. The Morgan fingerprint density at radius 1 is 1.38 bits per heavy atom. The van der Waals surface area contributed by atoms with Crippen molar-refractivity contribution < 1.29 is 4.79 Å². The van der Waals surface area contributed by atoms with Gasteiger partial charge in [0.05, 0.1) is 6.54 Å². The van der Waals surface area contributed by atoms with Crippen molar-refractivity contribution in [2.45, 2.75) is 6.54 Å². The molecular weight excluding hydrogens is 222 g/mol. The van der Waals surface area contributed by atoms with Crippen LogP contribution >= 0.6 is 11.3 Å². The molecule has 0 fully saturated rings. The van der Waals surface area contributed by atoms with E-state index in [1.54, 1.807) is 6.20 Å². The summed E-state index contributed by atoms with van der Waals surface area (Å²) in [5.41, 5.74) is 6.35. The third-order valence-corrected chi connectivity index (χ3v) is 2.89. The average Bonchev–Trinajstić information content (AvgIpc) is 2.80. The first kappa shape index (κ1) is 10.6. The van der Waals surface area contributed by atoms with Crippen molar-refractivity contribution in [1.29, 1.82) is 0 Å². The predicted molar refractivity (Wildman–Crippen MR) is 64.3 cm³/mol. The van der Waals surface area contributed by atoms with E-state index in [0.717, 1.165) is 5.56 Å². The second kappa shape index (κ2) is 4.76. The molecule has 2 amide bonds. The SMILES string of the molecule is NC(=O)N(Cc1ccccc1)c1nccs1. The van der Waals surface area contributed by atoms with Gasteiger partial charge in [0.2, 0.25) is 0 Å². The second-order valence-electron chi connectivity index (χ2n) is 3.22. The fourth-order valence-corrected chi connectivity index (χ4v) is 2.00. The summed E-state index contributed by atoms with van der Waals surface area (Å²) in [4.78, 5) is 16.9. The number of benzene rings is 1. The van der Waals surface area contributed by atoms with Crippen LogP contribution in [-0.2, 0) is 6.54 Å². The van der Waals surface area contributed by atoms with Gasteiger partial charge in [0.1, 0.15) is 0 Å². The molecule has 0 aliphatic heterocycles. The summed E-state index contributed by atoms with van der Waals surface area (Å²) in [7, 11) is 0. The van der Waals surface area contributed by atoms with Gasteiger partial charge in [0, 0.05) is 11.6 Å². The van der Waals surface area contributed by atoms with Gasteiger partial charge in [-0.2, -0.15) is 0 Å². The number of carbonyl (C=O) groups is 1. The highest BCUT2D eigenvalue weighted by molar-refractivity contribution is 7.13. The first-order valence-electron chi connectivity index (χ1n) is 4.78. The number of thiazole rings is 1. The smallest absolute Gasteiger partial charge is 0.321 e. The second-order valence-corrected chi connectivity index (χ2v) is 4.10. The van der Waals surface area contributed by atoms with Crippen LogP contribution in [0.2, 0.25) is 0 Å². The maximum Gasteiger partial charge on any atom is 0.321 e. The van der Waals surface area contributed by atoms with Crippen molar-refractivity contribution in [2.24, 2.45) is 5.73 Å². The quantitative estimate of drug-likeness (QED) is 0.883. The number of hydrogen-bond acceptors (Lipinski definition) is 3. The minimum atomic E-state index is -0.487. The molecule has 0 unspecified atom stereocenters. The van der Waals surface area contributed by atoms with E-state index in [1.807, 2.05) is 35.7 Å². The Kier molecular flexibility index (Phi) is 3.16. The highest BCUT2D eigenvalue weighted by Crippen LogP contribution is 2.19. The van der Waals surface area contributed by atoms with Crippen LogP contribution in [0.25, 0.3) is 0 Å². The van der Waals surface area contributed by atoms with Crippen LogP contribution in [0, 0.1) is 0 Å². The van der Waals surface area contributed by atoms with Gasteiger partial charge < -0.3 is 5.73 Å². The minimum Gasteiger partial charge on any atom is -0.351 e. The lowest BCUT2D eigenvalue weighted by Crippen LogP contribution is -2.35. The minimum absolute atomic E-state index is 0.448. The molecule has 2 rings (SSSR count). The van der Waals surface area contributed by atoms with Crippen molar-refractivity contribution in [3.05, 3.63) is 47.5 Å². The molecule has 0 aliphatic carbocycles. The molecule has 16 heavy (non-hydrogen) atoms. The molecule has 5 heteroatoms. The molecule has 0 saturated carbocycles. The molecule has 2 N–H and O–H groups in total. The van der Waals surface area contributed by atoms with E-state index in [-0.39, 0.29) is 0 Å². The number of hydrogen-bond donors (Lipinski definition) is 1. The van der Waals surface area contributed by atoms with Gasteiger partial charge in [-0.1, -0.05) is 30.3 Å². The highest BCUT2D eigenvalue weighted by Gasteiger charge is 2.14. The summed E-state index contributed by atoms with van der Waals surface area (Å²) in [5.74, 6) is 0. The van der Waals surface area contributed by atoms with E-state index in [0.29, 0.717) is 11.7 Å². The van der Waals surface area contributed by atoms with Crippen LogP contribution in [0.5, 0.6) is 0 Å². The molecular formula is C11H11N3OS. The molecule has 0 bridgehead atoms. The lowest BCUT2D eigenvalue weighted by Gasteiger charge is -2.16. The fraction of sp³-hybridized carbons (Fsp3) is 0.0909. The Labute approximate surface area is 97.3 Å². The number of urea groups is 1. The van der Waals surface area contributed by atoms with E-state index >= 15 is 0 Å². The van der Waals surface area contributed by atoms with E-state index < -0.39 is 6.03 Å². The van der Waals surface area contributed by atoms with E-state index in [9.17, 15) is 4.79 Å². The zero-order chi connectivity index (χ0) is 11.4. The standard InChI is InChI=1S/C11H11N3OS/c12-10(15)14(11-13-6-7-16-11)8-9-4-2-1-3-5-9/h1-7H,8H2,(H2,12,15). The van der Waals surface area contributed by atoms with E-state index in [2.05, 4.69) is 4.98 Å². The molecule has 0 saturated heterocycles. The Balaban J connectivity index is 2.19. The molecule has 1 aromatic carbocycles. The molecule has 4 nitrogen and oxygen atoms in total. The van der Waals surface area contributed by atoms with Crippen LogP contribution in [0.3, 0.4) is 0 Å². The van der Waals surface area contributed by atoms with Gasteiger partial charge >= 0.3 is 6.03 Å². The number of aromatic nitrogens is 1. The lowest BCUT2D eigenvalue weighted by molar-refractivity contribution is 0.253. The number of nitrogens with two attached hydrogens (primary N) is 1. The third kappa shape index (κ3) is 2.38. The molecule has 82 valence electrons. The summed E-state index contributed by atoms with van der Waals surface area (Å²) in [6, 6.07) is 9.19. The molecule has 0 atom stereocenters. The molecule has 0 radical (unpaired) electrons. The van der Waals surface area contributed by atoms with Crippen LogP contribution in [-0.4, -0.2) is 11.0 Å². The maximum atomic E-state index is 11.3. The topological polar surface area (TPSA) is 59.2 Å². The van der Waals surface area contributed by atoms with Gasteiger partial charge in [-0.05, 0) is 5.56 Å². The van der Waals surface area contributed by atoms with Gasteiger partial charge in [0.15, 0.2) is 5.13 Å². The van der Waals surface area contributed by atoms with Gasteiger partial charge in [0.25, 0.3) is 0 Å². The zero-order valence-corrected chi connectivity index (χ0v) is 9.35. The summed E-state index contributed by atoms with van der Waals surface area (Å²) in [6.07, 6.45) is 1.65. The summed E-state index contributed by atoms with van der Waals surface area (Å²) in [6.45, 7) is 0.448. The van der Waals surface area contributed by atoms with Crippen molar-refractivity contribution in [1.82, 2.24) is 4.98 Å². The summed E-state index contributed by atoms with van der Waals surface area (Å²) >= 11 is 1.39. The Morgan fingerprint density at radius 2 is 2.12 bits per heavy atom. The number of primary amides is 1.